The molecule has 1 amide bonds. The molecule has 2 rings (SSSR count). The molecule has 2 fully saturated rings. The number of hydrogen-bond acceptors (Lipinski definition) is 2. The SMILES string of the molecule is CCC(Br)C(=O)NC1CCN2CCCC2C1. The number of nitrogens with zero attached hydrogens (tertiary/aromatic N) is 1. The lowest BCUT2D eigenvalue weighted by atomic mass is 9.97. The molecule has 2 aliphatic rings. The number of nitrogens with one attached hydrogen (secondary N) is 1. The summed E-state index contributed by atoms with van der Waals surface area (Å²) in [6, 6.07) is 1.13. The molecule has 92 valence electrons. The maximum atomic E-state index is 11.8. The molecule has 0 radical (unpaired) electrons. The van der Waals surface area contributed by atoms with Gasteiger partial charge in [0.1, 0.15) is 0 Å². The van der Waals surface area contributed by atoms with Gasteiger partial charge in [-0.2, -0.15) is 0 Å². The molecule has 3 nitrogen and oxygen atoms in total. The van der Waals surface area contributed by atoms with Gasteiger partial charge in [-0.15, -0.1) is 0 Å². The van der Waals surface area contributed by atoms with E-state index in [0.717, 1.165) is 31.8 Å². The minimum Gasteiger partial charge on any atom is -0.352 e. The minimum atomic E-state index is -0.0193. The molecule has 0 spiro atoms. The summed E-state index contributed by atoms with van der Waals surface area (Å²) < 4.78 is 0. The molecule has 0 saturated carbocycles. The van der Waals surface area contributed by atoms with Crippen LogP contribution in [-0.4, -0.2) is 40.8 Å². The van der Waals surface area contributed by atoms with Crippen molar-refractivity contribution in [3.63, 3.8) is 0 Å². The fourth-order valence-corrected chi connectivity index (χ4v) is 2.96. The summed E-state index contributed by atoms with van der Waals surface area (Å²) in [6.07, 6.45) is 5.77. The lowest BCUT2D eigenvalue weighted by Gasteiger charge is -2.35. The van der Waals surface area contributed by atoms with Gasteiger partial charge in [0, 0.05) is 18.6 Å². The Balaban J connectivity index is 1.81. The van der Waals surface area contributed by atoms with Crippen LogP contribution in [0.4, 0.5) is 0 Å². The van der Waals surface area contributed by atoms with Gasteiger partial charge in [0.15, 0.2) is 0 Å². The number of rotatable bonds is 3. The number of fused-ring (bicyclic) bond motifs is 1. The van der Waals surface area contributed by atoms with E-state index in [0.29, 0.717) is 6.04 Å². The van der Waals surface area contributed by atoms with Gasteiger partial charge in [-0.1, -0.05) is 22.9 Å². The van der Waals surface area contributed by atoms with Crippen LogP contribution in [0.2, 0.25) is 0 Å². The molecule has 3 unspecified atom stereocenters. The Hall–Kier alpha value is -0.0900. The molecule has 0 aromatic carbocycles. The maximum absolute atomic E-state index is 11.8. The summed E-state index contributed by atoms with van der Waals surface area (Å²) in [6.45, 7) is 4.45. The summed E-state index contributed by atoms with van der Waals surface area (Å²) in [5.74, 6) is 0.166. The molecule has 2 heterocycles. The molecule has 3 atom stereocenters. The third kappa shape index (κ3) is 2.77. The molecule has 4 heteroatoms. The fraction of sp³-hybridized carbons (Fsp3) is 0.917. The molecular formula is C12H21BrN2O. The van der Waals surface area contributed by atoms with Gasteiger partial charge >= 0.3 is 0 Å². The van der Waals surface area contributed by atoms with Crippen molar-refractivity contribution in [3.05, 3.63) is 0 Å². The molecule has 0 aromatic rings. The number of amides is 1. The summed E-state index contributed by atoms with van der Waals surface area (Å²) in [7, 11) is 0. The first-order valence-corrected chi connectivity index (χ1v) is 7.30. The van der Waals surface area contributed by atoms with Crippen LogP contribution in [0.15, 0.2) is 0 Å². The van der Waals surface area contributed by atoms with Crippen molar-refractivity contribution in [2.45, 2.75) is 55.9 Å². The Labute approximate surface area is 106 Å². The Morgan fingerprint density at radius 3 is 3.06 bits per heavy atom. The summed E-state index contributed by atoms with van der Waals surface area (Å²) >= 11 is 3.40. The first kappa shape index (κ1) is 12.4. The van der Waals surface area contributed by atoms with E-state index in [9.17, 15) is 4.79 Å². The van der Waals surface area contributed by atoms with E-state index in [-0.39, 0.29) is 10.7 Å². The predicted octanol–water partition coefficient (Wildman–Crippen LogP) is 1.90. The smallest absolute Gasteiger partial charge is 0.233 e. The standard InChI is InChI=1S/C12H21BrN2O/c1-2-11(13)12(16)14-9-5-7-15-6-3-4-10(15)8-9/h9-11H,2-8H2,1H3,(H,14,16). The van der Waals surface area contributed by atoms with Crippen molar-refractivity contribution < 1.29 is 4.79 Å². The van der Waals surface area contributed by atoms with Crippen LogP contribution in [0.3, 0.4) is 0 Å². The van der Waals surface area contributed by atoms with Gasteiger partial charge in [0.05, 0.1) is 4.83 Å². The normalized spacial score (nSPS) is 32.1. The third-order valence-corrected chi connectivity index (χ3v) is 4.87. The van der Waals surface area contributed by atoms with E-state index in [1.807, 2.05) is 6.92 Å². The Bertz CT molecular complexity index is 259. The van der Waals surface area contributed by atoms with E-state index >= 15 is 0 Å². The van der Waals surface area contributed by atoms with Crippen LogP contribution < -0.4 is 5.32 Å². The molecule has 0 aromatic heterocycles. The van der Waals surface area contributed by atoms with Crippen LogP contribution in [0.1, 0.15) is 39.0 Å². The molecule has 2 aliphatic heterocycles. The van der Waals surface area contributed by atoms with Crippen molar-refractivity contribution in [1.82, 2.24) is 10.2 Å². The van der Waals surface area contributed by atoms with Gasteiger partial charge in [-0.25, -0.2) is 0 Å². The lowest BCUT2D eigenvalue weighted by molar-refractivity contribution is -0.121. The molecule has 0 bridgehead atoms. The van der Waals surface area contributed by atoms with E-state index in [2.05, 4.69) is 26.1 Å². The van der Waals surface area contributed by atoms with E-state index in [4.69, 9.17) is 0 Å². The molecular weight excluding hydrogens is 268 g/mol. The topological polar surface area (TPSA) is 32.3 Å². The maximum Gasteiger partial charge on any atom is 0.233 e. The highest BCUT2D eigenvalue weighted by atomic mass is 79.9. The fourth-order valence-electron chi connectivity index (χ4n) is 2.83. The van der Waals surface area contributed by atoms with Gasteiger partial charge in [-0.05, 0) is 38.6 Å². The quantitative estimate of drug-likeness (QED) is 0.805. The number of halogens is 1. The zero-order chi connectivity index (χ0) is 11.5. The molecule has 2 saturated heterocycles. The average molecular weight is 289 g/mol. The number of hydrogen-bond donors (Lipinski definition) is 1. The Morgan fingerprint density at radius 1 is 1.50 bits per heavy atom. The molecule has 1 N–H and O–H groups in total. The monoisotopic (exact) mass is 288 g/mol. The van der Waals surface area contributed by atoms with Crippen molar-refractivity contribution in [3.8, 4) is 0 Å². The highest BCUT2D eigenvalue weighted by Crippen LogP contribution is 2.26. The van der Waals surface area contributed by atoms with Crippen LogP contribution in [0.5, 0.6) is 0 Å². The molecule has 16 heavy (non-hydrogen) atoms. The average Bonchev–Trinajstić information content (AvgIpc) is 2.75. The van der Waals surface area contributed by atoms with E-state index in [1.54, 1.807) is 0 Å². The van der Waals surface area contributed by atoms with Crippen LogP contribution in [0.25, 0.3) is 0 Å². The van der Waals surface area contributed by atoms with Gasteiger partial charge in [0.2, 0.25) is 5.91 Å². The van der Waals surface area contributed by atoms with Crippen molar-refractivity contribution in [1.29, 1.82) is 0 Å². The number of carbonyl (C=O) groups is 1. The second-order valence-electron chi connectivity index (χ2n) is 4.94. The summed E-state index contributed by atoms with van der Waals surface area (Å²) in [5.41, 5.74) is 0. The number of piperidine rings is 1. The zero-order valence-corrected chi connectivity index (χ0v) is 11.5. The summed E-state index contributed by atoms with van der Waals surface area (Å²) in [5, 5.41) is 3.17. The van der Waals surface area contributed by atoms with Crippen LogP contribution >= 0.6 is 15.9 Å². The first-order chi connectivity index (χ1) is 7.70. The van der Waals surface area contributed by atoms with Crippen LogP contribution in [0, 0.1) is 0 Å². The largest absolute Gasteiger partial charge is 0.352 e. The lowest BCUT2D eigenvalue weighted by Crippen LogP contribution is -2.48. The van der Waals surface area contributed by atoms with Gasteiger partial charge < -0.3 is 10.2 Å². The Morgan fingerprint density at radius 2 is 2.31 bits per heavy atom. The van der Waals surface area contributed by atoms with Gasteiger partial charge in [0.25, 0.3) is 0 Å². The van der Waals surface area contributed by atoms with E-state index in [1.165, 1.54) is 19.4 Å². The van der Waals surface area contributed by atoms with Crippen molar-refractivity contribution in [2.75, 3.05) is 13.1 Å². The van der Waals surface area contributed by atoms with Crippen molar-refractivity contribution >= 4 is 21.8 Å². The highest BCUT2D eigenvalue weighted by molar-refractivity contribution is 9.10. The van der Waals surface area contributed by atoms with Gasteiger partial charge in [-0.3, -0.25) is 4.79 Å². The van der Waals surface area contributed by atoms with Crippen LogP contribution in [-0.2, 0) is 4.79 Å². The first-order valence-electron chi connectivity index (χ1n) is 6.39. The highest BCUT2D eigenvalue weighted by Gasteiger charge is 2.32. The number of carbonyl (C=O) groups excluding carboxylic acids is 1. The number of alkyl halides is 1. The summed E-state index contributed by atoms with van der Waals surface area (Å²) in [4.78, 5) is 14.3. The van der Waals surface area contributed by atoms with Crippen molar-refractivity contribution in [2.24, 2.45) is 0 Å². The zero-order valence-electron chi connectivity index (χ0n) is 9.92. The predicted molar refractivity (Wildman–Crippen MR) is 68.8 cm³/mol. The third-order valence-electron chi connectivity index (χ3n) is 3.81. The second kappa shape index (κ2) is 5.50. The second-order valence-corrected chi connectivity index (χ2v) is 6.04. The Kier molecular flexibility index (Phi) is 4.25. The van der Waals surface area contributed by atoms with E-state index < -0.39 is 0 Å². The molecule has 0 aliphatic carbocycles. The minimum absolute atomic E-state index is 0.0193.